The Morgan fingerprint density at radius 3 is 1.59 bits per heavy atom. The molecule has 0 rings (SSSR count). The molecule has 0 unspecified atom stereocenters. The minimum absolute atomic E-state index is 0.255. The number of hydrogen-bond acceptors (Lipinski definition) is 4. The van der Waals surface area contributed by atoms with Crippen LogP contribution in [0.15, 0.2) is 0 Å². The lowest BCUT2D eigenvalue weighted by Gasteiger charge is -2.11. The van der Waals surface area contributed by atoms with E-state index in [1.54, 1.807) is 13.8 Å². The van der Waals surface area contributed by atoms with Gasteiger partial charge in [0.15, 0.2) is 0 Å². The molecule has 2 atom stereocenters. The van der Waals surface area contributed by atoms with E-state index in [0.29, 0.717) is 26.1 Å². The normalized spacial score (nSPS) is 13.9. The molecule has 0 aromatic carbocycles. The van der Waals surface area contributed by atoms with E-state index in [-0.39, 0.29) is 21.6 Å². The van der Waals surface area contributed by atoms with Crippen LogP contribution in [0.2, 0.25) is 0 Å². The smallest absolute Gasteiger partial charge is 0.319 e. The Hall–Kier alpha value is -0.100. The first kappa shape index (κ1) is 16.9. The Kier molecular flexibility index (Phi) is 9.82. The Morgan fingerprint density at radius 2 is 1.29 bits per heavy atom. The highest BCUT2D eigenvalue weighted by atomic mass is 79.9. The number of hydrogen-bond donors (Lipinski definition) is 0. The largest absolute Gasteiger partial charge is 0.465 e. The quantitative estimate of drug-likeness (QED) is 0.485. The zero-order valence-electron chi connectivity index (χ0n) is 10.1. The van der Waals surface area contributed by atoms with Crippen molar-refractivity contribution in [2.45, 2.75) is 42.8 Å². The summed E-state index contributed by atoms with van der Waals surface area (Å²) in [6.45, 7) is 4.30. The predicted octanol–water partition coefficient (Wildman–Crippen LogP) is 2.81. The van der Waals surface area contributed by atoms with Crippen molar-refractivity contribution >= 4 is 43.8 Å². The number of halogens is 2. The summed E-state index contributed by atoms with van der Waals surface area (Å²) in [4.78, 5) is 22.0. The zero-order chi connectivity index (χ0) is 13.3. The van der Waals surface area contributed by atoms with Crippen molar-refractivity contribution in [3.8, 4) is 0 Å². The second-order valence-electron chi connectivity index (χ2n) is 3.37. The molecular formula is C11H18Br2O4. The average molecular weight is 374 g/mol. The third-order valence-corrected chi connectivity index (χ3v) is 3.66. The molecule has 0 saturated heterocycles. The van der Waals surface area contributed by atoms with Crippen LogP contribution in [0.3, 0.4) is 0 Å². The van der Waals surface area contributed by atoms with Crippen molar-refractivity contribution in [3.05, 3.63) is 0 Å². The molecule has 0 spiro atoms. The van der Waals surface area contributed by atoms with Crippen molar-refractivity contribution in [3.63, 3.8) is 0 Å². The van der Waals surface area contributed by atoms with E-state index in [4.69, 9.17) is 9.47 Å². The molecular weight excluding hydrogens is 356 g/mol. The highest BCUT2D eigenvalue weighted by molar-refractivity contribution is 9.10. The van der Waals surface area contributed by atoms with Crippen molar-refractivity contribution in [1.82, 2.24) is 0 Å². The van der Waals surface area contributed by atoms with E-state index in [2.05, 4.69) is 31.9 Å². The molecule has 100 valence electrons. The van der Waals surface area contributed by atoms with Gasteiger partial charge in [-0.15, -0.1) is 0 Å². The maximum atomic E-state index is 11.3. The predicted molar refractivity (Wildman–Crippen MR) is 72.5 cm³/mol. The molecule has 0 heterocycles. The average Bonchev–Trinajstić information content (AvgIpc) is 2.29. The lowest BCUT2D eigenvalue weighted by Crippen LogP contribution is -2.20. The van der Waals surface area contributed by atoms with Crippen molar-refractivity contribution in [2.75, 3.05) is 13.2 Å². The van der Waals surface area contributed by atoms with Gasteiger partial charge in [0.1, 0.15) is 9.65 Å². The van der Waals surface area contributed by atoms with Crippen LogP contribution in [0.1, 0.15) is 33.1 Å². The molecule has 17 heavy (non-hydrogen) atoms. The van der Waals surface area contributed by atoms with Gasteiger partial charge in [-0.3, -0.25) is 9.59 Å². The molecule has 4 nitrogen and oxygen atoms in total. The Balaban J connectivity index is 3.75. The summed E-state index contributed by atoms with van der Waals surface area (Å²) in [6, 6.07) is 0. The van der Waals surface area contributed by atoms with Crippen LogP contribution >= 0.6 is 31.9 Å². The first-order valence-electron chi connectivity index (χ1n) is 5.64. The first-order valence-corrected chi connectivity index (χ1v) is 7.47. The summed E-state index contributed by atoms with van der Waals surface area (Å²) >= 11 is 6.51. The number of carbonyl (C=O) groups is 2. The summed E-state index contributed by atoms with van der Waals surface area (Å²) in [5, 5.41) is 0. The number of alkyl halides is 2. The van der Waals surface area contributed by atoms with Crippen LogP contribution in [0.4, 0.5) is 0 Å². The van der Waals surface area contributed by atoms with Crippen LogP contribution in [-0.4, -0.2) is 34.8 Å². The Morgan fingerprint density at radius 1 is 0.941 bits per heavy atom. The van der Waals surface area contributed by atoms with Gasteiger partial charge in [-0.05, 0) is 26.7 Å². The molecule has 0 N–H and O–H groups in total. The number of carbonyl (C=O) groups excluding carboxylic acids is 2. The molecule has 0 amide bonds. The van der Waals surface area contributed by atoms with E-state index < -0.39 is 0 Å². The van der Waals surface area contributed by atoms with Gasteiger partial charge in [0, 0.05) is 0 Å². The standard InChI is InChI=1S/C11H18Br2O4/c1-3-16-10(14)8(12)6-5-7-9(13)11(15)17-4-2/h8-9H,3-7H2,1-2H3/t8-,9+. The molecule has 0 aromatic rings. The van der Waals surface area contributed by atoms with Crippen LogP contribution < -0.4 is 0 Å². The highest BCUT2D eigenvalue weighted by Gasteiger charge is 2.19. The monoisotopic (exact) mass is 372 g/mol. The van der Waals surface area contributed by atoms with E-state index >= 15 is 0 Å². The third-order valence-electron chi connectivity index (χ3n) is 2.00. The van der Waals surface area contributed by atoms with Crippen molar-refractivity contribution in [1.29, 1.82) is 0 Å². The summed E-state index contributed by atoms with van der Waals surface area (Å²) in [6.07, 6.45) is 2.02. The van der Waals surface area contributed by atoms with Gasteiger partial charge in [0.25, 0.3) is 0 Å². The van der Waals surface area contributed by atoms with E-state index in [0.717, 1.165) is 6.42 Å². The summed E-state index contributed by atoms with van der Waals surface area (Å²) in [7, 11) is 0. The number of ether oxygens (including phenoxy) is 2. The topological polar surface area (TPSA) is 52.6 Å². The minimum atomic E-state index is -0.302. The molecule has 0 aliphatic carbocycles. The third kappa shape index (κ3) is 7.76. The first-order chi connectivity index (χ1) is 8.02. The minimum Gasteiger partial charge on any atom is -0.465 e. The second kappa shape index (κ2) is 9.88. The lowest BCUT2D eigenvalue weighted by molar-refractivity contribution is -0.142. The molecule has 6 heteroatoms. The fraction of sp³-hybridized carbons (Fsp3) is 0.818. The molecule has 0 aromatic heterocycles. The number of esters is 2. The van der Waals surface area contributed by atoms with Gasteiger partial charge >= 0.3 is 11.9 Å². The molecule has 0 radical (unpaired) electrons. The van der Waals surface area contributed by atoms with Crippen molar-refractivity contribution in [2.24, 2.45) is 0 Å². The molecule has 0 saturated carbocycles. The molecule has 0 bridgehead atoms. The van der Waals surface area contributed by atoms with E-state index in [1.807, 2.05) is 0 Å². The molecule has 0 aliphatic rings. The zero-order valence-corrected chi connectivity index (χ0v) is 13.3. The van der Waals surface area contributed by atoms with Crippen LogP contribution in [0.25, 0.3) is 0 Å². The Bertz CT molecular complexity index is 222. The van der Waals surface area contributed by atoms with Gasteiger partial charge in [-0.2, -0.15) is 0 Å². The summed E-state index contributed by atoms with van der Waals surface area (Å²) < 4.78 is 9.72. The Labute approximate surface area is 119 Å². The molecule has 0 fully saturated rings. The van der Waals surface area contributed by atoms with Crippen LogP contribution in [-0.2, 0) is 19.1 Å². The van der Waals surface area contributed by atoms with E-state index in [9.17, 15) is 9.59 Å². The van der Waals surface area contributed by atoms with Gasteiger partial charge in [-0.25, -0.2) is 0 Å². The van der Waals surface area contributed by atoms with Crippen LogP contribution in [0.5, 0.6) is 0 Å². The number of rotatable bonds is 8. The summed E-state index contributed by atoms with van der Waals surface area (Å²) in [5.74, 6) is -0.510. The fourth-order valence-electron chi connectivity index (χ4n) is 1.18. The van der Waals surface area contributed by atoms with Crippen LogP contribution in [0, 0.1) is 0 Å². The van der Waals surface area contributed by atoms with Gasteiger partial charge in [0.05, 0.1) is 13.2 Å². The fourth-order valence-corrected chi connectivity index (χ4v) is 2.09. The highest BCUT2D eigenvalue weighted by Crippen LogP contribution is 2.17. The lowest BCUT2D eigenvalue weighted by atomic mass is 10.1. The van der Waals surface area contributed by atoms with Gasteiger partial charge < -0.3 is 9.47 Å². The maximum absolute atomic E-state index is 11.3. The summed E-state index contributed by atoms with van der Waals surface area (Å²) in [5.41, 5.74) is 0. The van der Waals surface area contributed by atoms with Crippen molar-refractivity contribution < 1.29 is 19.1 Å². The molecule has 0 aliphatic heterocycles. The van der Waals surface area contributed by atoms with E-state index in [1.165, 1.54) is 0 Å². The van der Waals surface area contributed by atoms with Gasteiger partial charge in [-0.1, -0.05) is 38.3 Å². The SMILES string of the molecule is CCOC(=O)[C@H](Br)CCC[C@H](Br)C(=O)OCC. The second-order valence-corrected chi connectivity index (χ2v) is 5.58. The van der Waals surface area contributed by atoms with Gasteiger partial charge in [0.2, 0.25) is 0 Å². The maximum Gasteiger partial charge on any atom is 0.319 e.